The first-order valence-corrected chi connectivity index (χ1v) is 7.84. The van der Waals surface area contributed by atoms with Gasteiger partial charge in [-0.1, -0.05) is 19.9 Å². The van der Waals surface area contributed by atoms with Crippen molar-refractivity contribution in [3.8, 4) is 0 Å². The maximum absolute atomic E-state index is 13.5. The van der Waals surface area contributed by atoms with E-state index in [9.17, 15) is 22.3 Å². The molecule has 0 amide bonds. The first-order valence-electron chi connectivity index (χ1n) is 6.36. The zero-order chi connectivity index (χ0) is 15.4. The molecule has 0 atom stereocenters. The molecule has 0 saturated carbocycles. The number of halogens is 2. The summed E-state index contributed by atoms with van der Waals surface area (Å²) >= 11 is 0. The molecule has 0 aliphatic carbocycles. The van der Waals surface area contributed by atoms with Gasteiger partial charge in [0.15, 0.2) is 4.90 Å². The van der Waals surface area contributed by atoms with Crippen molar-refractivity contribution in [2.24, 2.45) is 5.41 Å². The molecule has 0 aromatic heterocycles. The minimum atomic E-state index is -4.30. The predicted octanol–water partition coefficient (Wildman–Crippen LogP) is 2.04. The Morgan fingerprint density at radius 3 is 2.10 bits per heavy atom. The fourth-order valence-corrected chi connectivity index (χ4v) is 3.13. The lowest BCUT2D eigenvalue weighted by molar-refractivity contribution is 0.119. The molecule has 4 nitrogen and oxygen atoms in total. The van der Waals surface area contributed by atoms with Crippen LogP contribution in [0, 0.1) is 17.0 Å². The molecule has 7 heteroatoms. The third-order valence-electron chi connectivity index (χ3n) is 3.66. The average molecular weight is 307 g/mol. The number of rotatable bonds is 7. The third-order valence-corrected chi connectivity index (χ3v) is 5.11. The van der Waals surface area contributed by atoms with E-state index in [4.69, 9.17) is 0 Å². The van der Waals surface area contributed by atoms with E-state index < -0.39 is 32.0 Å². The maximum atomic E-state index is 13.5. The van der Waals surface area contributed by atoms with E-state index in [0.29, 0.717) is 12.8 Å². The number of hydrogen-bond acceptors (Lipinski definition) is 3. The molecule has 20 heavy (non-hydrogen) atoms. The van der Waals surface area contributed by atoms with Gasteiger partial charge in [-0.3, -0.25) is 0 Å². The van der Waals surface area contributed by atoms with Crippen LogP contribution in [-0.2, 0) is 10.0 Å². The Labute approximate surface area is 117 Å². The molecule has 0 radical (unpaired) electrons. The summed E-state index contributed by atoms with van der Waals surface area (Å²) in [5.41, 5.74) is -0.630. The SMILES string of the molecule is CCC(CC)(CO)CNS(=O)(=O)c1c(F)cccc1F. The highest BCUT2D eigenvalue weighted by Crippen LogP contribution is 2.26. The number of aliphatic hydroxyl groups is 1. The van der Waals surface area contributed by atoms with Crippen LogP contribution < -0.4 is 4.72 Å². The van der Waals surface area contributed by atoms with Crippen LogP contribution in [0.4, 0.5) is 8.78 Å². The average Bonchev–Trinajstić information content (AvgIpc) is 2.40. The molecule has 1 aromatic rings. The van der Waals surface area contributed by atoms with Crippen LogP contribution in [0.5, 0.6) is 0 Å². The normalized spacial score (nSPS) is 12.7. The Hall–Kier alpha value is -1.05. The van der Waals surface area contributed by atoms with Gasteiger partial charge < -0.3 is 5.11 Å². The van der Waals surface area contributed by atoms with Gasteiger partial charge in [-0.05, 0) is 25.0 Å². The molecule has 0 aliphatic rings. The van der Waals surface area contributed by atoms with Crippen molar-refractivity contribution in [3.05, 3.63) is 29.8 Å². The zero-order valence-corrected chi connectivity index (χ0v) is 12.3. The highest BCUT2D eigenvalue weighted by Gasteiger charge is 2.30. The second kappa shape index (κ2) is 6.60. The molecule has 2 N–H and O–H groups in total. The Kier molecular flexibility index (Phi) is 5.61. The molecule has 114 valence electrons. The van der Waals surface area contributed by atoms with Gasteiger partial charge in [0, 0.05) is 18.6 Å². The van der Waals surface area contributed by atoms with Crippen molar-refractivity contribution in [1.29, 1.82) is 0 Å². The third kappa shape index (κ3) is 3.53. The van der Waals surface area contributed by atoms with Crippen molar-refractivity contribution >= 4 is 10.0 Å². The van der Waals surface area contributed by atoms with Crippen molar-refractivity contribution in [2.45, 2.75) is 31.6 Å². The molecule has 0 spiro atoms. The Morgan fingerprint density at radius 1 is 1.20 bits per heavy atom. The van der Waals surface area contributed by atoms with Crippen LogP contribution in [0.15, 0.2) is 23.1 Å². The van der Waals surface area contributed by atoms with Crippen molar-refractivity contribution in [3.63, 3.8) is 0 Å². The van der Waals surface area contributed by atoms with Gasteiger partial charge in [-0.2, -0.15) is 0 Å². The predicted molar refractivity (Wildman–Crippen MR) is 71.6 cm³/mol. The number of aliphatic hydroxyl groups excluding tert-OH is 1. The summed E-state index contributed by atoms with van der Waals surface area (Å²) in [7, 11) is -4.30. The molecule has 0 unspecified atom stereocenters. The largest absolute Gasteiger partial charge is 0.396 e. The second-order valence-corrected chi connectivity index (χ2v) is 6.44. The van der Waals surface area contributed by atoms with E-state index >= 15 is 0 Å². The van der Waals surface area contributed by atoms with Gasteiger partial charge in [-0.25, -0.2) is 21.9 Å². The molecular formula is C13H19F2NO3S. The molecule has 0 fully saturated rings. The summed E-state index contributed by atoms with van der Waals surface area (Å²) in [4.78, 5) is -0.987. The first kappa shape index (κ1) is 17.0. The van der Waals surface area contributed by atoms with Crippen molar-refractivity contribution < 1.29 is 22.3 Å². The van der Waals surface area contributed by atoms with Gasteiger partial charge in [0.05, 0.1) is 0 Å². The van der Waals surface area contributed by atoms with Crippen LogP contribution in [0.3, 0.4) is 0 Å². The fourth-order valence-electron chi connectivity index (χ4n) is 1.84. The Balaban J connectivity index is 3.02. The van der Waals surface area contributed by atoms with E-state index in [1.165, 1.54) is 0 Å². The lowest BCUT2D eigenvalue weighted by Crippen LogP contribution is -2.39. The van der Waals surface area contributed by atoms with E-state index in [1.54, 1.807) is 0 Å². The standard InChI is InChI=1S/C13H19F2NO3S/c1-3-13(4-2,9-17)8-16-20(18,19)12-10(14)6-5-7-11(12)15/h5-7,16-17H,3-4,8-9H2,1-2H3. The summed E-state index contributed by atoms with van der Waals surface area (Å²) in [5.74, 6) is -2.28. The van der Waals surface area contributed by atoms with Gasteiger partial charge in [0.25, 0.3) is 0 Å². The Bertz CT molecular complexity index is 528. The number of benzene rings is 1. The summed E-state index contributed by atoms with van der Waals surface area (Å²) in [6.07, 6.45) is 1.09. The van der Waals surface area contributed by atoms with Gasteiger partial charge >= 0.3 is 0 Å². The Morgan fingerprint density at radius 2 is 1.70 bits per heavy atom. The lowest BCUT2D eigenvalue weighted by Gasteiger charge is -2.29. The van der Waals surface area contributed by atoms with E-state index in [0.717, 1.165) is 18.2 Å². The highest BCUT2D eigenvalue weighted by molar-refractivity contribution is 7.89. The van der Waals surface area contributed by atoms with Crippen LogP contribution in [0.1, 0.15) is 26.7 Å². The van der Waals surface area contributed by atoms with Gasteiger partial charge in [0.2, 0.25) is 10.0 Å². The van der Waals surface area contributed by atoms with E-state index in [1.807, 2.05) is 13.8 Å². The van der Waals surface area contributed by atoms with E-state index in [2.05, 4.69) is 4.72 Å². The topological polar surface area (TPSA) is 66.4 Å². The van der Waals surface area contributed by atoms with Crippen molar-refractivity contribution in [2.75, 3.05) is 13.2 Å². The first-order chi connectivity index (χ1) is 9.32. The molecule has 0 aliphatic heterocycles. The lowest BCUT2D eigenvalue weighted by atomic mass is 9.84. The van der Waals surface area contributed by atoms with Crippen LogP contribution in [0.2, 0.25) is 0 Å². The van der Waals surface area contributed by atoms with Crippen LogP contribution in [0.25, 0.3) is 0 Å². The minimum Gasteiger partial charge on any atom is -0.396 e. The smallest absolute Gasteiger partial charge is 0.246 e. The minimum absolute atomic E-state index is 0.0768. The highest BCUT2D eigenvalue weighted by atomic mass is 32.2. The second-order valence-electron chi connectivity index (χ2n) is 4.74. The zero-order valence-electron chi connectivity index (χ0n) is 11.5. The molecule has 1 rings (SSSR count). The molecule has 1 aromatic carbocycles. The number of sulfonamides is 1. The summed E-state index contributed by atoms with van der Waals surface area (Å²) in [6, 6.07) is 2.87. The van der Waals surface area contributed by atoms with Crippen molar-refractivity contribution in [1.82, 2.24) is 4.72 Å². The molecule has 0 bridgehead atoms. The van der Waals surface area contributed by atoms with Crippen LogP contribution >= 0.6 is 0 Å². The maximum Gasteiger partial charge on any atom is 0.246 e. The van der Waals surface area contributed by atoms with E-state index in [-0.39, 0.29) is 13.2 Å². The number of nitrogens with one attached hydrogen (secondary N) is 1. The molecule has 0 saturated heterocycles. The van der Waals surface area contributed by atoms with Crippen LogP contribution in [-0.4, -0.2) is 26.7 Å². The fraction of sp³-hybridized carbons (Fsp3) is 0.538. The van der Waals surface area contributed by atoms with Gasteiger partial charge in [-0.15, -0.1) is 0 Å². The summed E-state index contributed by atoms with van der Waals surface area (Å²) in [6.45, 7) is 3.35. The van der Waals surface area contributed by atoms with Gasteiger partial charge in [0.1, 0.15) is 11.6 Å². The monoisotopic (exact) mass is 307 g/mol. The summed E-state index contributed by atoms with van der Waals surface area (Å²) in [5, 5.41) is 9.37. The molecular weight excluding hydrogens is 288 g/mol. The summed E-state index contributed by atoms with van der Waals surface area (Å²) < 4.78 is 53.2. The molecule has 0 heterocycles. The quantitative estimate of drug-likeness (QED) is 0.810. The number of hydrogen-bond donors (Lipinski definition) is 2.